The zero-order chi connectivity index (χ0) is 20.9. The van der Waals surface area contributed by atoms with Gasteiger partial charge in [-0.2, -0.15) is 0 Å². The van der Waals surface area contributed by atoms with Crippen LogP contribution in [0.5, 0.6) is 5.75 Å². The van der Waals surface area contributed by atoms with Crippen molar-refractivity contribution in [1.29, 1.82) is 0 Å². The molecular formula is C23H26F2N4O. The van der Waals surface area contributed by atoms with E-state index >= 15 is 0 Å². The maximum Gasteiger partial charge on any atom is 0.160 e. The van der Waals surface area contributed by atoms with E-state index in [1.165, 1.54) is 6.07 Å². The summed E-state index contributed by atoms with van der Waals surface area (Å²) in [5, 5.41) is 3.96. The number of anilines is 2. The van der Waals surface area contributed by atoms with Crippen LogP contribution < -0.4 is 10.1 Å². The molecule has 0 unspecified atom stereocenters. The van der Waals surface area contributed by atoms with E-state index < -0.39 is 11.6 Å². The van der Waals surface area contributed by atoms with Gasteiger partial charge in [-0.25, -0.2) is 13.8 Å². The molecule has 2 heterocycles. The highest BCUT2D eigenvalue weighted by atomic mass is 19.2. The molecule has 30 heavy (non-hydrogen) atoms. The minimum Gasteiger partial charge on any atom is -0.494 e. The Hall–Kier alpha value is -2.77. The van der Waals surface area contributed by atoms with Gasteiger partial charge in [0.1, 0.15) is 11.6 Å². The average Bonchev–Trinajstić information content (AvgIpc) is 2.75. The van der Waals surface area contributed by atoms with Crippen molar-refractivity contribution in [3.05, 3.63) is 60.2 Å². The van der Waals surface area contributed by atoms with Crippen LogP contribution in [-0.4, -0.2) is 61.2 Å². The van der Waals surface area contributed by atoms with Gasteiger partial charge in [0.05, 0.1) is 12.1 Å². The standard InChI is InChI=1S/C23H26F2N4O/c1-28-10-12-29(13-11-28)9-2-14-30-19-5-7-22-17(15-19)3-8-23(27-22)26-18-4-6-20(24)21(25)16-18/h3-8,15-16H,2,9-14H2,1H3,(H,26,27). The fourth-order valence-electron chi connectivity index (χ4n) is 3.53. The van der Waals surface area contributed by atoms with Crippen LogP contribution in [-0.2, 0) is 0 Å². The summed E-state index contributed by atoms with van der Waals surface area (Å²) in [6.45, 7) is 6.25. The molecule has 0 atom stereocenters. The van der Waals surface area contributed by atoms with Crippen LogP contribution in [0.4, 0.5) is 20.3 Å². The second-order valence-electron chi connectivity index (χ2n) is 7.65. The van der Waals surface area contributed by atoms with Crippen molar-refractivity contribution in [2.24, 2.45) is 0 Å². The fraction of sp³-hybridized carbons (Fsp3) is 0.348. The van der Waals surface area contributed by atoms with Crippen molar-refractivity contribution in [3.63, 3.8) is 0 Å². The summed E-state index contributed by atoms with van der Waals surface area (Å²) >= 11 is 0. The fourth-order valence-corrected chi connectivity index (χ4v) is 3.53. The van der Waals surface area contributed by atoms with E-state index in [9.17, 15) is 8.78 Å². The van der Waals surface area contributed by atoms with E-state index in [4.69, 9.17) is 4.74 Å². The molecule has 0 bridgehead atoms. The SMILES string of the molecule is CN1CCN(CCCOc2ccc3nc(Nc4ccc(F)c(F)c4)ccc3c2)CC1. The first-order chi connectivity index (χ1) is 14.6. The monoisotopic (exact) mass is 412 g/mol. The molecular weight excluding hydrogens is 386 g/mol. The molecule has 1 aliphatic heterocycles. The molecule has 0 spiro atoms. The van der Waals surface area contributed by atoms with Crippen LogP contribution >= 0.6 is 0 Å². The molecule has 1 fully saturated rings. The van der Waals surface area contributed by atoms with E-state index in [0.29, 0.717) is 18.1 Å². The average molecular weight is 412 g/mol. The van der Waals surface area contributed by atoms with Gasteiger partial charge in [0.2, 0.25) is 0 Å². The van der Waals surface area contributed by atoms with E-state index in [2.05, 4.69) is 27.1 Å². The number of benzene rings is 2. The second-order valence-corrected chi connectivity index (χ2v) is 7.65. The Labute approximate surface area is 175 Å². The Morgan fingerprint density at radius 1 is 0.967 bits per heavy atom. The third-order valence-electron chi connectivity index (χ3n) is 5.34. The Kier molecular flexibility index (Phi) is 6.40. The Morgan fingerprint density at radius 2 is 1.80 bits per heavy atom. The van der Waals surface area contributed by atoms with Crippen molar-refractivity contribution in [3.8, 4) is 5.75 Å². The highest BCUT2D eigenvalue weighted by Gasteiger charge is 2.13. The van der Waals surface area contributed by atoms with Crippen molar-refractivity contribution >= 4 is 22.4 Å². The van der Waals surface area contributed by atoms with Gasteiger partial charge in [-0.15, -0.1) is 0 Å². The summed E-state index contributed by atoms with van der Waals surface area (Å²) in [6.07, 6.45) is 0.997. The number of ether oxygens (including phenoxy) is 1. The number of fused-ring (bicyclic) bond motifs is 1. The lowest BCUT2D eigenvalue weighted by Gasteiger charge is -2.32. The zero-order valence-corrected chi connectivity index (χ0v) is 17.1. The first-order valence-electron chi connectivity index (χ1n) is 10.2. The molecule has 0 radical (unpaired) electrons. The molecule has 5 nitrogen and oxygen atoms in total. The molecule has 0 amide bonds. The highest BCUT2D eigenvalue weighted by molar-refractivity contribution is 5.82. The summed E-state index contributed by atoms with van der Waals surface area (Å²) < 4.78 is 32.4. The maximum absolute atomic E-state index is 13.4. The Balaban J connectivity index is 1.32. The number of pyridine rings is 1. The summed E-state index contributed by atoms with van der Waals surface area (Å²) in [5.74, 6) is -0.378. The van der Waals surface area contributed by atoms with Gasteiger partial charge in [-0.1, -0.05) is 0 Å². The number of hydrogen-bond donors (Lipinski definition) is 1. The topological polar surface area (TPSA) is 40.6 Å². The predicted octanol–water partition coefficient (Wildman–Crippen LogP) is 4.27. The van der Waals surface area contributed by atoms with Gasteiger partial charge < -0.3 is 19.9 Å². The number of halogens is 2. The highest BCUT2D eigenvalue weighted by Crippen LogP contribution is 2.23. The molecule has 4 rings (SSSR count). The molecule has 1 N–H and O–H groups in total. The van der Waals surface area contributed by atoms with Crippen molar-refractivity contribution in [1.82, 2.24) is 14.8 Å². The summed E-state index contributed by atoms with van der Waals surface area (Å²) in [6, 6.07) is 13.2. The van der Waals surface area contributed by atoms with Crippen molar-refractivity contribution in [2.45, 2.75) is 6.42 Å². The Bertz CT molecular complexity index is 1010. The maximum atomic E-state index is 13.4. The number of likely N-dealkylation sites (N-methyl/N-ethyl adjacent to an activating group) is 1. The van der Waals surface area contributed by atoms with Gasteiger partial charge in [-0.3, -0.25) is 0 Å². The number of rotatable bonds is 7. The number of nitrogens with one attached hydrogen (secondary N) is 1. The van der Waals surface area contributed by atoms with Crippen LogP contribution in [0.3, 0.4) is 0 Å². The normalized spacial score (nSPS) is 15.4. The molecule has 1 saturated heterocycles. The third-order valence-corrected chi connectivity index (χ3v) is 5.34. The summed E-state index contributed by atoms with van der Waals surface area (Å²) in [4.78, 5) is 9.37. The van der Waals surface area contributed by atoms with E-state index in [0.717, 1.165) is 67.9 Å². The van der Waals surface area contributed by atoms with Crippen LogP contribution in [0.15, 0.2) is 48.5 Å². The van der Waals surface area contributed by atoms with Gasteiger partial charge in [0, 0.05) is 49.9 Å². The Morgan fingerprint density at radius 3 is 2.60 bits per heavy atom. The van der Waals surface area contributed by atoms with Crippen molar-refractivity contribution in [2.75, 3.05) is 51.7 Å². The number of hydrogen-bond acceptors (Lipinski definition) is 5. The van der Waals surface area contributed by atoms with E-state index in [1.807, 2.05) is 24.3 Å². The largest absolute Gasteiger partial charge is 0.494 e. The number of aromatic nitrogens is 1. The second kappa shape index (κ2) is 9.36. The first kappa shape index (κ1) is 20.5. The lowest BCUT2D eigenvalue weighted by atomic mass is 10.2. The first-order valence-corrected chi connectivity index (χ1v) is 10.2. The summed E-state index contributed by atoms with van der Waals surface area (Å²) in [5.41, 5.74) is 1.24. The molecule has 1 aromatic heterocycles. The third kappa shape index (κ3) is 5.23. The van der Waals surface area contributed by atoms with Crippen LogP contribution in [0.2, 0.25) is 0 Å². The van der Waals surface area contributed by atoms with E-state index in [1.54, 1.807) is 6.07 Å². The van der Waals surface area contributed by atoms with Gasteiger partial charge in [0.15, 0.2) is 11.6 Å². The lowest BCUT2D eigenvalue weighted by Crippen LogP contribution is -2.44. The molecule has 0 saturated carbocycles. The quantitative estimate of drug-likeness (QED) is 0.587. The van der Waals surface area contributed by atoms with Crippen molar-refractivity contribution < 1.29 is 13.5 Å². The van der Waals surface area contributed by atoms with Crippen LogP contribution in [0, 0.1) is 11.6 Å². The molecule has 3 aromatic rings. The van der Waals surface area contributed by atoms with Gasteiger partial charge in [-0.05, 0) is 55.9 Å². The van der Waals surface area contributed by atoms with Crippen LogP contribution in [0.1, 0.15) is 6.42 Å². The predicted molar refractivity (Wildman–Crippen MR) is 115 cm³/mol. The minimum absolute atomic E-state index is 0.445. The lowest BCUT2D eigenvalue weighted by molar-refractivity contribution is 0.145. The molecule has 7 heteroatoms. The minimum atomic E-state index is -0.893. The van der Waals surface area contributed by atoms with E-state index in [-0.39, 0.29) is 0 Å². The molecule has 2 aromatic carbocycles. The molecule has 1 aliphatic rings. The van der Waals surface area contributed by atoms with Gasteiger partial charge in [0.25, 0.3) is 0 Å². The molecule has 158 valence electrons. The smallest absolute Gasteiger partial charge is 0.160 e. The number of nitrogens with zero attached hydrogens (tertiary/aromatic N) is 3. The zero-order valence-electron chi connectivity index (χ0n) is 17.1. The van der Waals surface area contributed by atoms with Gasteiger partial charge >= 0.3 is 0 Å². The number of piperazine rings is 1. The summed E-state index contributed by atoms with van der Waals surface area (Å²) in [7, 11) is 2.16. The van der Waals surface area contributed by atoms with Crippen LogP contribution in [0.25, 0.3) is 10.9 Å². The molecule has 0 aliphatic carbocycles.